The van der Waals surface area contributed by atoms with E-state index in [4.69, 9.17) is 4.74 Å². The molecule has 1 aromatic rings. The van der Waals surface area contributed by atoms with Crippen LogP contribution in [0.3, 0.4) is 0 Å². The zero-order valence-corrected chi connectivity index (χ0v) is 11.3. The van der Waals surface area contributed by atoms with Crippen molar-refractivity contribution in [3.63, 3.8) is 0 Å². The molecule has 0 aromatic heterocycles. The molecule has 1 fully saturated rings. The molecular formula is C15H20N2O2. The Hall–Kier alpha value is -1.39. The predicted molar refractivity (Wildman–Crippen MR) is 73.0 cm³/mol. The standard InChI is InChI=1S/C15H20N2O2/c1-11-2-3-13-12(8-11)9-16-10-14(13)15(18)17-4-6-19-7-5-17/h2-3,8,14,16H,4-7,9-10H2,1H3. The molecule has 3 rings (SSSR count). The van der Waals surface area contributed by atoms with Crippen LogP contribution in [0, 0.1) is 6.92 Å². The summed E-state index contributed by atoms with van der Waals surface area (Å²) >= 11 is 0. The first-order chi connectivity index (χ1) is 9.25. The summed E-state index contributed by atoms with van der Waals surface area (Å²) in [6, 6.07) is 6.40. The van der Waals surface area contributed by atoms with Gasteiger partial charge in [0, 0.05) is 26.2 Å². The van der Waals surface area contributed by atoms with Crippen LogP contribution in [0.25, 0.3) is 0 Å². The number of morpholine rings is 1. The minimum Gasteiger partial charge on any atom is -0.378 e. The Balaban J connectivity index is 1.84. The third-order valence-electron chi connectivity index (χ3n) is 3.96. The number of benzene rings is 1. The van der Waals surface area contributed by atoms with E-state index in [0.717, 1.165) is 26.2 Å². The van der Waals surface area contributed by atoms with Crippen molar-refractivity contribution < 1.29 is 9.53 Å². The summed E-state index contributed by atoms with van der Waals surface area (Å²) < 4.78 is 5.31. The molecule has 0 bridgehead atoms. The molecule has 2 aliphatic rings. The summed E-state index contributed by atoms with van der Waals surface area (Å²) in [5, 5.41) is 3.36. The number of hydrogen-bond donors (Lipinski definition) is 1. The monoisotopic (exact) mass is 260 g/mol. The predicted octanol–water partition coefficient (Wildman–Crippen LogP) is 1.04. The SMILES string of the molecule is Cc1ccc2c(c1)CNCC2C(=O)N1CCOCC1. The number of nitrogens with one attached hydrogen (secondary N) is 1. The molecular weight excluding hydrogens is 240 g/mol. The first-order valence-electron chi connectivity index (χ1n) is 6.92. The van der Waals surface area contributed by atoms with Crippen LogP contribution in [0.5, 0.6) is 0 Å². The molecule has 1 N–H and O–H groups in total. The van der Waals surface area contributed by atoms with Crippen molar-refractivity contribution in [3.8, 4) is 0 Å². The summed E-state index contributed by atoms with van der Waals surface area (Å²) in [7, 11) is 0. The second-order valence-electron chi connectivity index (χ2n) is 5.32. The van der Waals surface area contributed by atoms with Gasteiger partial charge in [0.1, 0.15) is 0 Å². The molecule has 1 unspecified atom stereocenters. The largest absolute Gasteiger partial charge is 0.378 e. The number of fused-ring (bicyclic) bond motifs is 1. The fourth-order valence-electron chi connectivity index (χ4n) is 2.91. The third kappa shape index (κ3) is 2.51. The fraction of sp³-hybridized carbons (Fsp3) is 0.533. The molecule has 1 amide bonds. The van der Waals surface area contributed by atoms with Crippen LogP contribution < -0.4 is 5.32 Å². The molecule has 0 spiro atoms. The highest BCUT2D eigenvalue weighted by atomic mass is 16.5. The highest BCUT2D eigenvalue weighted by Gasteiger charge is 2.30. The smallest absolute Gasteiger partial charge is 0.231 e. The number of carbonyl (C=O) groups excluding carboxylic acids is 1. The van der Waals surface area contributed by atoms with Crippen molar-refractivity contribution in [2.24, 2.45) is 0 Å². The van der Waals surface area contributed by atoms with E-state index in [1.54, 1.807) is 0 Å². The maximum atomic E-state index is 12.6. The lowest BCUT2D eigenvalue weighted by Crippen LogP contribution is -2.46. The van der Waals surface area contributed by atoms with Gasteiger partial charge >= 0.3 is 0 Å². The minimum atomic E-state index is -0.0394. The maximum absolute atomic E-state index is 12.6. The van der Waals surface area contributed by atoms with Gasteiger partial charge in [0.2, 0.25) is 5.91 Å². The van der Waals surface area contributed by atoms with E-state index in [1.807, 2.05) is 4.90 Å². The molecule has 0 aliphatic carbocycles. The van der Waals surface area contributed by atoms with Crippen molar-refractivity contribution in [2.75, 3.05) is 32.8 Å². The van der Waals surface area contributed by atoms with Gasteiger partial charge in [-0.05, 0) is 18.1 Å². The summed E-state index contributed by atoms with van der Waals surface area (Å²) in [5.74, 6) is 0.197. The summed E-state index contributed by atoms with van der Waals surface area (Å²) in [6.45, 7) is 6.45. The number of aryl methyl sites for hydroxylation is 1. The van der Waals surface area contributed by atoms with E-state index in [2.05, 4.69) is 30.4 Å². The molecule has 19 heavy (non-hydrogen) atoms. The normalized spacial score (nSPS) is 23.0. The fourth-order valence-corrected chi connectivity index (χ4v) is 2.91. The van der Waals surface area contributed by atoms with Gasteiger partial charge in [-0.3, -0.25) is 4.79 Å². The average Bonchev–Trinajstić information content (AvgIpc) is 2.46. The Kier molecular flexibility index (Phi) is 3.53. The lowest BCUT2D eigenvalue weighted by Gasteiger charge is -2.33. The maximum Gasteiger partial charge on any atom is 0.231 e. The van der Waals surface area contributed by atoms with Crippen molar-refractivity contribution in [3.05, 3.63) is 34.9 Å². The van der Waals surface area contributed by atoms with Crippen LogP contribution >= 0.6 is 0 Å². The third-order valence-corrected chi connectivity index (χ3v) is 3.96. The second kappa shape index (κ2) is 5.31. The Morgan fingerprint density at radius 1 is 1.37 bits per heavy atom. The number of amides is 1. The van der Waals surface area contributed by atoms with Gasteiger partial charge in [-0.2, -0.15) is 0 Å². The molecule has 1 saturated heterocycles. The molecule has 4 heteroatoms. The molecule has 2 heterocycles. The van der Waals surface area contributed by atoms with Crippen LogP contribution in [-0.2, 0) is 16.1 Å². The highest BCUT2D eigenvalue weighted by molar-refractivity contribution is 5.85. The molecule has 1 aromatic carbocycles. The van der Waals surface area contributed by atoms with Crippen LogP contribution in [0.15, 0.2) is 18.2 Å². The summed E-state index contributed by atoms with van der Waals surface area (Å²) in [5.41, 5.74) is 3.71. The minimum absolute atomic E-state index is 0.0394. The van der Waals surface area contributed by atoms with Crippen LogP contribution in [0.4, 0.5) is 0 Å². The number of ether oxygens (including phenoxy) is 1. The summed E-state index contributed by atoms with van der Waals surface area (Å²) in [6.07, 6.45) is 0. The second-order valence-corrected chi connectivity index (χ2v) is 5.32. The Bertz CT molecular complexity index is 481. The molecule has 1 atom stereocenters. The Morgan fingerprint density at radius 2 is 2.16 bits per heavy atom. The molecule has 0 saturated carbocycles. The molecule has 4 nitrogen and oxygen atoms in total. The highest BCUT2D eigenvalue weighted by Crippen LogP contribution is 2.27. The van der Waals surface area contributed by atoms with Gasteiger partial charge in [0.15, 0.2) is 0 Å². The van der Waals surface area contributed by atoms with E-state index >= 15 is 0 Å². The van der Waals surface area contributed by atoms with Gasteiger partial charge in [0.25, 0.3) is 0 Å². The average molecular weight is 260 g/mol. The first-order valence-corrected chi connectivity index (χ1v) is 6.92. The van der Waals surface area contributed by atoms with Crippen LogP contribution in [0.1, 0.15) is 22.6 Å². The molecule has 102 valence electrons. The zero-order valence-electron chi connectivity index (χ0n) is 11.3. The van der Waals surface area contributed by atoms with Crippen molar-refractivity contribution in [2.45, 2.75) is 19.4 Å². The number of rotatable bonds is 1. The molecule has 2 aliphatic heterocycles. The van der Waals surface area contributed by atoms with Gasteiger partial charge in [-0.15, -0.1) is 0 Å². The Labute approximate surface area is 113 Å². The van der Waals surface area contributed by atoms with Gasteiger partial charge < -0.3 is 15.0 Å². The lowest BCUT2D eigenvalue weighted by molar-refractivity contribution is -0.137. The quantitative estimate of drug-likeness (QED) is 0.820. The van der Waals surface area contributed by atoms with Gasteiger partial charge in [0.05, 0.1) is 19.1 Å². The number of carbonyl (C=O) groups is 1. The molecule has 0 radical (unpaired) electrons. The van der Waals surface area contributed by atoms with Crippen LogP contribution in [-0.4, -0.2) is 43.7 Å². The van der Waals surface area contributed by atoms with E-state index in [1.165, 1.54) is 16.7 Å². The number of hydrogen-bond acceptors (Lipinski definition) is 3. The topological polar surface area (TPSA) is 41.6 Å². The number of nitrogens with zero attached hydrogens (tertiary/aromatic N) is 1. The lowest BCUT2D eigenvalue weighted by atomic mass is 9.88. The van der Waals surface area contributed by atoms with E-state index in [0.29, 0.717) is 13.2 Å². The van der Waals surface area contributed by atoms with Crippen molar-refractivity contribution >= 4 is 5.91 Å². The first kappa shape index (κ1) is 12.6. The van der Waals surface area contributed by atoms with Crippen molar-refractivity contribution in [1.29, 1.82) is 0 Å². The van der Waals surface area contributed by atoms with Gasteiger partial charge in [-0.1, -0.05) is 23.8 Å². The van der Waals surface area contributed by atoms with Crippen LogP contribution in [0.2, 0.25) is 0 Å². The van der Waals surface area contributed by atoms with Gasteiger partial charge in [-0.25, -0.2) is 0 Å². The van der Waals surface area contributed by atoms with E-state index in [-0.39, 0.29) is 11.8 Å². The Morgan fingerprint density at radius 3 is 2.95 bits per heavy atom. The van der Waals surface area contributed by atoms with Crippen molar-refractivity contribution in [1.82, 2.24) is 10.2 Å². The van der Waals surface area contributed by atoms with E-state index < -0.39 is 0 Å². The summed E-state index contributed by atoms with van der Waals surface area (Å²) in [4.78, 5) is 14.6. The van der Waals surface area contributed by atoms with E-state index in [9.17, 15) is 4.79 Å². The zero-order chi connectivity index (χ0) is 13.2.